The largest absolute Gasteiger partial charge is 0.330 e. The second kappa shape index (κ2) is 5.24. The first-order valence-corrected chi connectivity index (χ1v) is 7.44. The van der Waals surface area contributed by atoms with E-state index in [1.54, 1.807) is 30.3 Å². The van der Waals surface area contributed by atoms with Gasteiger partial charge in [0.2, 0.25) is 0 Å². The van der Waals surface area contributed by atoms with Gasteiger partial charge in [0.05, 0.1) is 26.8 Å². The molecule has 0 saturated carbocycles. The van der Waals surface area contributed by atoms with Crippen molar-refractivity contribution in [2.45, 2.75) is 0 Å². The van der Waals surface area contributed by atoms with Gasteiger partial charge in [-0.05, 0) is 42.5 Å². The summed E-state index contributed by atoms with van der Waals surface area (Å²) in [6, 6.07) is 8.70. The smallest absolute Gasteiger partial charge is 0.182 e. The molecule has 1 N–H and O–H groups in total. The minimum atomic E-state index is 0.454. The highest BCUT2D eigenvalue weighted by molar-refractivity contribution is 7.71. The summed E-state index contributed by atoms with van der Waals surface area (Å²) in [6.07, 6.45) is 0. The Morgan fingerprint density at radius 2 is 1.45 bits per heavy atom. The Morgan fingerprint density at radius 3 is 2.10 bits per heavy atom. The van der Waals surface area contributed by atoms with Gasteiger partial charge in [-0.3, -0.25) is 4.57 Å². The van der Waals surface area contributed by atoms with Crippen molar-refractivity contribution in [2.24, 2.45) is 0 Å². The van der Waals surface area contributed by atoms with Crippen LogP contribution in [0, 0.1) is 4.77 Å². The highest BCUT2D eigenvalue weighted by Gasteiger charge is 2.10. The predicted molar refractivity (Wildman–Crippen MR) is 88.5 cm³/mol. The second-order valence-electron chi connectivity index (χ2n) is 4.18. The minimum Gasteiger partial charge on any atom is -0.330 e. The Morgan fingerprint density at radius 1 is 0.850 bits per heavy atom. The van der Waals surface area contributed by atoms with Crippen molar-refractivity contribution < 1.29 is 0 Å². The molecule has 1 aromatic heterocycles. The third kappa shape index (κ3) is 2.45. The van der Waals surface area contributed by atoms with E-state index in [2.05, 4.69) is 4.98 Å². The van der Waals surface area contributed by atoms with Crippen LogP contribution in [0.25, 0.3) is 16.7 Å². The zero-order valence-corrected chi connectivity index (χ0v) is 13.6. The van der Waals surface area contributed by atoms with Crippen molar-refractivity contribution >= 4 is 69.7 Å². The number of hydrogen-bond donors (Lipinski definition) is 1. The number of hydrogen-bond acceptors (Lipinski definition) is 1. The molecule has 102 valence electrons. The Balaban J connectivity index is 2.38. The molecule has 1 heterocycles. The van der Waals surface area contributed by atoms with Gasteiger partial charge in [-0.2, -0.15) is 0 Å². The number of nitrogens with zero attached hydrogens (tertiary/aromatic N) is 1. The quantitative estimate of drug-likeness (QED) is 0.503. The van der Waals surface area contributed by atoms with E-state index in [-0.39, 0.29) is 0 Å². The van der Waals surface area contributed by atoms with Gasteiger partial charge in [0.15, 0.2) is 4.77 Å². The van der Waals surface area contributed by atoms with Crippen molar-refractivity contribution in [1.29, 1.82) is 0 Å². The first-order valence-electron chi connectivity index (χ1n) is 5.52. The zero-order chi connectivity index (χ0) is 14.4. The average molecular weight is 364 g/mol. The van der Waals surface area contributed by atoms with Gasteiger partial charge in [-0.25, -0.2) is 0 Å². The maximum absolute atomic E-state index is 6.07. The molecule has 0 aliphatic heterocycles. The number of aromatic amines is 1. The molecule has 0 saturated heterocycles. The Hall–Kier alpha value is -0.710. The summed E-state index contributed by atoms with van der Waals surface area (Å²) in [7, 11) is 0. The first kappa shape index (κ1) is 14.2. The van der Waals surface area contributed by atoms with E-state index in [0.29, 0.717) is 24.9 Å². The highest BCUT2D eigenvalue weighted by atomic mass is 35.5. The summed E-state index contributed by atoms with van der Waals surface area (Å²) in [6.45, 7) is 0. The summed E-state index contributed by atoms with van der Waals surface area (Å²) >= 11 is 29.5. The summed E-state index contributed by atoms with van der Waals surface area (Å²) < 4.78 is 2.32. The van der Waals surface area contributed by atoms with Crippen molar-refractivity contribution in [3.63, 3.8) is 0 Å². The van der Waals surface area contributed by atoms with Crippen LogP contribution in [-0.2, 0) is 0 Å². The summed E-state index contributed by atoms with van der Waals surface area (Å²) in [5.74, 6) is 0. The van der Waals surface area contributed by atoms with Gasteiger partial charge in [0.1, 0.15) is 0 Å². The molecule has 0 unspecified atom stereocenters. The fourth-order valence-electron chi connectivity index (χ4n) is 2.03. The van der Waals surface area contributed by atoms with Crippen molar-refractivity contribution in [2.75, 3.05) is 0 Å². The van der Waals surface area contributed by atoms with Gasteiger partial charge in [0.25, 0.3) is 0 Å². The van der Waals surface area contributed by atoms with E-state index >= 15 is 0 Å². The van der Waals surface area contributed by atoms with Gasteiger partial charge in [-0.15, -0.1) is 0 Å². The number of aromatic nitrogens is 2. The minimum absolute atomic E-state index is 0.454. The molecule has 0 atom stereocenters. The van der Waals surface area contributed by atoms with Crippen LogP contribution in [0.1, 0.15) is 0 Å². The molecule has 0 aliphatic rings. The molecule has 0 radical (unpaired) electrons. The lowest BCUT2D eigenvalue weighted by Crippen LogP contribution is -1.94. The lowest BCUT2D eigenvalue weighted by molar-refractivity contribution is 1.07. The van der Waals surface area contributed by atoms with Crippen LogP contribution in [0.3, 0.4) is 0 Å². The van der Waals surface area contributed by atoms with Crippen LogP contribution in [0.5, 0.6) is 0 Å². The number of benzene rings is 2. The fourth-order valence-corrected chi connectivity index (χ4v) is 3.18. The zero-order valence-electron chi connectivity index (χ0n) is 9.75. The monoisotopic (exact) mass is 362 g/mol. The van der Waals surface area contributed by atoms with Crippen LogP contribution in [0.2, 0.25) is 20.1 Å². The topological polar surface area (TPSA) is 20.7 Å². The van der Waals surface area contributed by atoms with Crippen molar-refractivity contribution in [3.05, 3.63) is 55.2 Å². The maximum atomic E-state index is 6.07. The number of rotatable bonds is 1. The lowest BCUT2D eigenvalue weighted by atomic mass is 10.3. The standard InChI is InChI=1S/C13H6Cl4N2S/c14-6-1-7(15)3-8(2-6)19-12-5-10(17)9(16)4-11(12)18-13(19)20/h1-5H,(H,18,20). The summed E-state index contributed by atoms with van der Waals surface area (Å²) in [5, 5.41) is 1.98. The first-order chi connectivity index (χ1) is 9.45. The van der Waals surface area contributed by atoms with Gasteiger partial charge in [-0.1, -0.05) is 46.4 Å². The maximum Gasteiger partial charge on any atom is 0.182 e. The summed E-state index contributed by atoms with van der Waals surface area (Å²) in [4.78, 5) is 3.08. The van der Waals surface area contributed by atoms with E-state index in [1.165, 1.54) is 0 Å². The van der Waals surface area contributed by atoms with Crippen molar-refractivity contribution in [3.8, 4) is 5.69 Å². The number of fused-ring (bicyclic) bond motifs is 1. The fraction of sp³-hybridized carbons (Fsp3) is 0. The SMILES string of the molecule is S=c1[nH]c2cc(Cl)c(Cl)cc2n1-c1cc(Cl)cc(Cl)c1. The van der Waals surface area contributed by atoms with Gasteiger partial charge >= 0.3 is 0 Å². The van der Waals surface area contributed by atoms with Crippen LogP contribution < -0.4 is 0 Å². The van der Waals surface area contributed by atoms with Gasteiger partial charge < -0.3 is 4.98 Å². The number of imidazole rings is 1. The third-order valence-corrected chi connectivity index (χ3v) is 4.27. The number of halogens is 4. The molecule has 3 rings (SSSR count). The molecule has 0 aliphatic carbocycles. The molecular weight excluding hydrogens is 358 g/mol. The van der Waals surface area contributed by atoms with E-state index in [4.69, 9.17) is 58.6 Å². The molecule has 0 amide bonds. The van der Waals surface area contributed by atoms with Crippen LogP contribution in [0.4, 0.5) is 0 Å². The molecule has 0 spiro atoms. The summed E-state index contributed by atoms with van der Waals surface area (Å²) in [5.41, 5.74) is 2.36. The Bertz CT molecular complexity index is 862. The highest BCUT2D eigenvalue weighted by Crippen LogP contribution is 2.30. The number of H-pyrrole nitrogens is 1. The van der Waals surface area contributed by atoms with E-state index in [1.807, 2.05) is 4.57 Å². The molecule has 0 fully saturated rings. The van der Waals surface area contributed by atoms with Crippen molar-refractivity contribution in [1.82, 2.24) is 9.55 Å². The normalized spacial score (nSPS) is 11.2. The van der Waals surface area contributed by atoms with Crippen LogP contribution in [0.15, 0.2) is 30.3 Å². The molecule has 3 aromatic rings. The van der Waals surface area contributed by atoms with E-state index in [0.717, 1.165) is 16.7 Å². The Kier molecular flexibility index (Phi) is 3.73. The van der Waals surface area contributed by atoms with Crippen LogP contribution in [-0.4, -0.2) is 9.55 Å². The Labute approximate surface area is 139 Å². The number of nitrogens with one attached hydrogen (secondary N) is 1. The van der Waals surface area contributed by atoms with Crippen LogP contribution >= 0.6 is 58.6 Å². The van der Waals surface area contributed by atoms with Gasteiger partial charge in [0, 0.05) is 10.0 Å². The lowest BCUT2D eigenvalue weighted by Gasteiger charge is -2.06. The average Bonchev–Trinajstić information content (AvgIpc) is 2.64. The third-order valence-electron chi connectivity index (χ3n) is 2.83. The second-order valence-corrected chi connectivity index (χ2v) is 6.25. The molecule has 0 bridgehead atoms. The molecule has 2 aromatic carbocycles. The molecular formula is C13H6Cl4N2S. The molecule has 7 heteroatoms. The van der Waals surface area contributed by atoms with E-state index in [9.17, 15) is 0 Å². The molecule has 2 nitrogen and oxygen atoms in total. The molecule has 20 heavy (non-hydrogen) atoms. The predicted octanol–water partition coefficient (Wildman–Crippen LogP) is 6.30. The van der Waals surface area contributed by atoms with E-state index < -0.39 is 0 Å².